The topological polar surface area (TPSA) is 81.1 Å². The van der Waals surface area contributed by atoms with Gasteiger partial charge < -0.3 is 16.8 Å². The summed E-state index contributed by atoms with van der Waals surface area (Å²) in [7, 11) is 0. The molecule has 2 rings (SSSR count). The number of aryl methyl sites for hydroxylation is 1. The molecule has 104 valence electrons. The number of hydrogen-bond donors (Lipinski definition) is 3. The van der Waals surface area contributed by atoms with Crippen LogP contribution >= 0.6 is 0 Å². The molecule has 2 aromatic rings. The highest BCUT2D eigenvalue weighted by Crippen LogP contribution is 2.21. The maximum Gasteiger partial charge on any atom is 0.257 e. The van der Waals surface area contributed by atoms with Gasteiger partial charge in [0.25, 0.3) is 5.91 Å². The summed E-state index contributed by atoms with van der Waals surface area (Å²) in [5, 5.41) is 2.28. The third kappa shape index (κ3) is 2.69. The van der Waals surface area contributed by atoms with E-state index in [9.17, 15) is 13.6 Å². The van der Waals surface area contributed by atoms with Crippen molar-refractivity contribution in [1.82, 2.24) is 0 Å². The van der Waals surface area contributed by atoms with Gasteiger partial charge in [-0.1, -0.05) is 0 Å². The SMILES string of the molecule is Cc1cc(F)c(NC(=O)c2ccc(N)cc2N)cc1F. The van der Waals surface area contributed by atoms with Crippen LogP contribution in [0.15, 0.2) is 30.3 Å². The molecule has 0 aliphatic rings. The fraction of sp³-hybridized carbons (Fsp3) is 0.0714. The summed E-state index contributed by atoms with van der Waals surface area (Å²) in [5.74, 6) is -1.96. The third-order valence-electron chi connectivity index (χ3n) is 2.82. The van der Waals surface area contributed by atoms with E-state index in [-0.39, 0.29) is 22.5 Å². The Balaban J connectivity index is 2.30. The van der Waals surface area contributed by atoms with Gasteiger partial charge in [0.1, 0.15) is 11.6 Å². The highest BCUT2D eigenvalue weighted by molar-refractivity contribution is 6.08. The molecular formula is C14H13F2N3O. The second kappa shape index (κ2) is 5.16. The first-order valence-corrected chi connectivity index (χ1v) is 5.80. The number of rotatable bonds is 2. The second-order valence-electron chi connectivity index (χ2n) is 4.38. The van der Waals surface area contributed by atoms with Crippen LogP contribution in [-0.4, -0.2) is 5.91 Å². The zero-order valence-electron chi connectivity index (χ0n) is 10.7. The van der Waals surface area contributed by atoms with E-state index in [2.05, 4.69) is 5.32 Å². The molecule has 0 spiro atoms. The average molecular weight is 277 g/mol. The minimum absolute atomic E-state index is 0.139. The van der Waals surface area contributed by atoms with Gasteiger partial charge in [-0.25, -0.2) is 8.78 Å². The number of halogens is 2. The van der Waals surface area contributed by atoms with Crippen molar-refractivity contribution in [2.45, 2.75) is 6.92 Å². The highest BCUT2D eigenvalue weighted by Gasteiger charge is 2.14. The van der Waals surface area contributed by atoms with Crippen LogP contribution in [-0.2, 0) is 0 Å². The number of hydrogen-bond acceptors (Lipinski definition) is 3. The largest absolute Gasteiger partial charge is 0.399 e. The predicted molar refractivity (Wildman–Crippen MR) is 74.3 cm³/mol. The van der Waals surface area contributed by atoms with Crippen LogP contribution in [0.2, 0.25) is 0 Å². The van der Waals surface area contributed by atoms with Crippen molar-refractivity contribution in [3.05, 3.63) is 53.1 Å². The molecule has 0 bridgehead atoms. The Morgan fingerprint density at radius 3 is 2.45 bits per heavy atom. The molecule has 5 N–H and O–H groups in total. The van der Waals surface area contributed by atoms with Crippen LogP contribution in [0.4, 0.5) is 25.8 Å². The van der Waals surface area contributed by atoms with E-state index in [4.69, 9.17) is 11.5 Å². The summed E-state index contributed by atoms with van der Waals surface area (Å²) in [5.41, 5.74) is 11.8. The number of benzene rings is 2. The number of nitrogens with two attached hydrogens (primary N) is 2. The van der Waals surface area contributed by atoms with Crippen molar-refractivity contribution in [3.8, 4) is 0 Å². The molecule has 0 aromatic heterocycles. The van der Waals surface area contributed by atoms with E-state index in [0.717, 1.165) is 12.1 Å². The summed E-state index contributed by atoms with van der Waals surface area (Å²) in [6.07, 6.45) is 0. The summed E-state index contributed by atoms with van der Waals surface area (Å²) in [6.45, 7) is 1.43. The van der Waals surface area contributed by atoms with Crippen molar-refractivity contribution in [2.75, 3.05) is 16.8 Å². The Hall–Kier alpha value is -2.63. The molecule has 0 aliphatic carbocycles. The monoisotopic (exact) mass is 277 g/mol. The minimum Gasteiger partial charge on any atom is -0.399 e. The van der Waals surface area contributed by atoms with Crippen molar-refractivity contribution in [2.24, 2.45) is 0 Å². The zero-order valence-corrected chi connectivity index (χ0v) is 10.7. The summed E-state index contributed by atoms with van der Waals surface area (Å²) < 4.78 is 27.0. The number of nitrogen functional groups attached to an aromatic ring is 2. The van der Waals surface area contributed by atoms with Crippen molar-refractivity contribution < 1.29 is 13.6 Å². The van der Waals surface area contributed by atoms with Crippen LogP contribution in [0.5, 0.6) is 0 Å². The summed E-state index contributed by atoms with van der Waals surface area (Å²) in [4.78, 5) is 12.0. The normalized spacial score (nSPS) is 10.3. The van der Waals surface area contributed by atoms with Gasteiger partial charge in [-0.15, -0.1) is 0 Å². The Labute approximate surface area is 114 Å². The van der Waals surface area contributed by atoms with Crippen LogP contribution < -0.4 is 16.8 Å². The molecule has 0 unspecified atom stereocenters. The van der Waals surface area contributed by atoms with Gasteiger partial charge >= 0.3 is 0 Å². The average Bonchev–Trinajstić information content (AvgIpc) is 2.35. The lowest BCUT2D eigenvalue weighted by Crippen LogP contribution is -2.15. The van der Waals surface area contributed by atoms with Gasteiger partial charge in [0.05, 0.1) is 11.3 Å². The first kappa shape index (κ1) is 13.8. The minimum atomic E-state index is -0.716. The van der Waals surface area contributed by atoms with Crippen LogP contribution in [0, 0.1) is 18.6 Å². The Bertz CT molecular complexity index is 686. The fourth-order valence-electron chi connectivity index (χ4n) is 1.72. The van der Waals surface area contributed by atoms with Gasteiger partial charge in [-0.2, -0.15) is 0 Å². The number of nitrogens with one attached hydrogen (secondary N) is 1. The molecule has 0 fully saturated rings. The van der Waals surface area contributed by atoms with E-state index in [1.807, 2.05) is 0 Å². The molecule has 0 saturated carbocycles. The third-order valence-corrected chi connectivity index (χ3v) is 2.82. The van der Waals surface area contributed by atoms with E-state index < -0.39 is 17.5 Å². The molecule has 2 aromatic carbocycles. The molecule has 4 nitrogen and oxygen atoms in total. The van der Waals surface area contributed by atoms with E-state index in [1.165, 1.54) is 25.1 Å². The van der Waals surface area contributed by atoms with Gasteiger partial charge in [0.2, 0.25) is 0 Å². The van der Waals surface area contributed by atoms with Crippen LogP contribution in [0.25, 0.3) is 0 Å². The van der Waals surface area contributed by atoms with Crippen molar-refractivity contribution >= 4 is 23.0 Å². The Morgan fingerprint density at radius 1 is 1.10 bits per heavy atom. The smallest absolute Gasteiger partial charge is 0.257 e. The maximum absolute atomic E-state index is 13.6. The zero-order chi connectivity index (χ0) is 14.9. The number of anilines is 3. The molecule has 0 radical (unpaired) electrons. The molecule has 0 atom stereocenters. The Kier molecular flexibility index (Phi) is 3.56. The van der Waals surface area contributed by atoms with Crippen LogP contribution in [0.3, 0.4) is 0 Å². The Morgan fingerprint density at radius 2 is 1.80 bits per heavy atom. The molecule has 6 heteroatoms. The van der Waals surface area contributed by atoms with Gasteiger partial charge in [0, 0.05) is 17.4 Å². The predicted octanol–water partition coefficient (Wildman–Crippen LogP) is 2.69. The van der Waals surface area contributed by atoms with Gasteiger partial charge in [0.15, 0.2) is 0 Å². The molecule has 1 amide bonds. The second-order valence-corrected chi connectivity index (χ2v) is 4.38. The highest BCUT2D eigenvalue weighted by atomic mass is 19.1. The number of carbonyl (C=O) groups is 1. The van der Waals surface area contributed by atoms with E-state index in [0.29, 0.717) is 5.69 Å². The van der Waals surface area contributed by atoms with Crippen molar-refractivity contribution in [1.29, 1.82) is 0 Å². The van der Waals surface area contributed by atoms with Gasteiger partial charge in [-0.05, 0) is 36.8 Å². The lowest BCUT2D eigenvalue weighted by atomic mass is 10.1. The summed E-state index contributed by atoms with van der Waals surface area (Å²) in [6, 6.07) is 6.27. The molecule has 0 saturated heterocycles. The maximum atomic E-state index is 13.6. The molecule has 0 aliphatic heterocycles. The lowest BCUT2D eigenvalue weighted by Gasteiger charge is -2.10. The molecule has 0 heterocycles. The van der Waals surface area contributed by atoms with Gasteiger partial charge in [-0.3, -0.25) is 4.79 Å². The molecular weight excluding hydrogens is 264 g/mol. The van der Waals surface area contributed by atoms with E-state index >= 15 is 0 Å². The number of amides is 1. The van der Waals surface area contributed by atoms with Crippen molar-refractivity contribution in [3.63, 3.8) is 0 Å². The quantitative estimate of drug-likeness (QED) is 0.738. The number of carbonyl (C=O) groups excluding carboxylic acids is 1. The lowest BCUT2D eigenvalue weighted by molar-refractivity contribution is 0.102. The van der Waals surface area contributed by atoms with E-state index in [1.54, 1.807) is 0 Å². The first-order chi connectivity index (χ1) is 9.38. The fourth-order valence-corrected chi connectivity index (χ4v) is 1.72. The first-order valence-electron chi connectivity index (χ1n) is 5.80. The molecule has 20 heavy (non-hydrogen) atoms. The van der Waals surface area contributed by atoms with Crippen LogP contribution in [0.1, 0.15) is 15.9 Å². The summed E-state index contributed by atoms with van der Waals surface area (Å²) >= 11 is 0. The standard InChI is InChI=1S/C14H13F2N3O/c1-7-4-11(16)13(6-10(7)15)19-14(20)9-3-2-8(17)5-12(9)18/h2-6H,17-18H2,1H3,(H,19,20).